The largest absolute Gasteiger partial charge is 0.495 e. The van der Waals surface area contributed by atoms with Crippen molar-refractivity contribution in [3.05, 3.63) is 46.8 Å². The third-order valence-electron chi connectivity index (χ3n) is 4.32. The highest BCUT2D eigenvalue weighted by molar-refractivity contribution is 7.16. The van der Waals surface area contributed by atoms with Crippen molar-refractivity contribution < 1.29 is 19.0 Å². The molecule has 0 bridgehead atoms. The Hall–Kier alpha value is -2.80. The molecule has 27 heavy (non-hydrogen) atoms. The summed E-state index contributed by atoms with van der Waals surface area (Å²) in [5.74, 6) is 1.72. The molecule has 0 aliphatic carbocycles. The minimum absolute atomic E-state index is 0.303. The molecule has 2 heterocycles. The number of para-hydroxylation sites is 1. The smallest absolute Gasteiger partial charge is 0.279 e. The van der Waals surface area contributed by atoms with E-state index in [1.165, 1.54) is 11.3 Å². The van der Waals surface area contributed by atoms with E-state index >= 15 is 0 Å². The molecule has 0 unspecified atom stereocenters. The lowest BCUT2D eigenvalue weighted by Gasteiger charge is -2.18. The maximum Gasteiger partial charge on any atom is 0.279 e. The first-order valence-corrected chi connectivity index (χ1v) is 9.68. The van der Waals surface area contributed by atoms with E-state index in [4.69, 9.17) is 14.2 Å². The maximum atomic E-state index is 12.8. The van der Waals surface area contributed by atoms with Gasteiger partial charge in [-0.1, -0.05) is 24.3 Å². The van der Waals surface area contributed by atoms with Crippen LogP contribution in [0.5, 0.6) is 17.2 Å². The predicted molar refractivity (Wildman–Crippen MR) is 104 cm³/mol. The Labute approximate surface area is 160 Å². The molecule has 0 radical (unpaired) electrons. The number of carbonyl (C=O) groups excluding carboxylic acids is 1. The van der Waals surface area contributed by atoms with Crippen molar-refractivity contribution in [1.82, 2.24) is 4.57 Å². The number of rotatable bonds is 4. The van der Waals surface area contributed by atoms with E-state index in [0.717, 1.165) is 28.9 Å². The molecule has 1 aliphatic heterocycles. The van der Waals surface area contributed by atoms with Crippen molar-refractivity contribution >= 4 is 27.5 Å². The number of aromatic nitrogens is 1. The number of ether oxygens (including phenoxy) is 3. The summed E-state index contributed by atoms with van der Waals surface area (Å²) in [5.41, 5.74) is 1.45. The van der Waals surface area contributed by atoms with Gasteiger partial charge in [-0.2, -0.15) is 4.99 Å². The summed E-state index contributed by atoms with van der Waals surface area (Å²) in [4.78, 5) is 17.8. The predicted octanol–water partition coefficient (Wildman–Crippen LogP) is 3.63. The molecule has 1 aromatic heterocycles. The maximum absolute atomic E-state index is 12.8. The Balaban J connectivity index is 1.80. The van der Waals surface area contributed by atoms with Gasteiger partial charge >= 0.3 is 0 Å². The number of aryl methyl sites for hydroxylation is 1. The fourth-order valence-corrected chi connectivity index (χ4v) is 4.18. The summed E-state index contributed by atoms with van der Waals surface area (Å²) in [6.45, 7) is 3.85. The van der Waals surface area contributed by atoms with Gasteiger partial charge in [0.05, 0.1) is 11.8 Å². The highest BCUT2D eigenvalue weighted by Gasteiger charge is 2.16. The molecule has 2 aromatic carbocycles. The first kappa shape index (κ1) is 17.6. The number of nitrogens with zero attached hydrogens (tertiary/aromatic N) is 2. The summed E-state index contributed by atoms with van der Waals surface area (Å²) in [6, 6.07) is 11.1. The quantitative estimate of drug-likeness (QED) is 0.689. The minimum Gasteiger partial charge on any atom is -0.495 e. The highest BCUT2D eigenvalue weighted by atomic mass is 32.1. The Morgan fingerprint density at radius 1 is 1.22 bits per heavy atom. The van der Waals surface area contributed by atoms with E-state index in [0.29, 0.717) is 35.1 Å². The van der Waals surface area contributed by atoms with Crippen LogP contribution in [-0.4, -0.2) is 30.8 Å². The van der Waals surface area contributed by atoms with Gasteiger partial charge < -0.3 is 18.8 Å². The summed E-state index contributed by atoms with van der Waals surface area (Å²) in [6.07, 6.45) is 0.926. The van der Waals surface area contributed by atoms with Crippen LogP contribution < -0.4 is 19.0 Å². The van der Waals surface area contributed by atoms with E-state index in [-0.39, 0.29) is 5.91 Å². The monoisotopic (exact) mass is 384 g/mol. The van der Waals surface area contributed by atoms with E-state index in [1.807, 2.05) is 18.2 Å². The van der Waals surface area contributed by atoms with Crippen LogP contribution >= 0.6 is 11.3 Å². The van der Waals surface area contributed by atoms with Gasteiger partial charge in [0.15, 0.2) is 16.3 Å². The average Bonchev–Trinajstić information content (AvgIpc) is 3.05. The molecule has 1 aliphatic rings. The fourth-order valence-electron chi connectivity index (χ4n) is 3.11. The van der Waals surface area contributed by atoms with Crippen LogP contribution in [0, 0.1) is 0 Å². The molecule has 140 valence electrons. The Morgan fingerprint density at radius 3 is 2.81 bits per heavy atom. The van der Waals surface area contributed by atoms with Crippen LogP contribution in [0.4, 0.5) is 0 Å². The van der Waals surface area contributed by atoms with Gasteiger partial charge in [0.1, 0.15) is 24.5 Å². The second-order valence-electron chi connectivity index (χ2n) is 6.12. The molecule has 0 atom stereocenters. The van der Waals surface area contributed by atoms with Crippen molar-refractivity contribution in [2.75, 3.05) is 20.3 Å². The Kier molecular flexibility index (Phi) is 4.85. The lowest BCUT2D eigenvalue weighted by atomic mass is 10.2. The molecule has 7 heteroatoms. The first-order valence-electron chi connectivity index (χ1n) is 8.86. The normalized spacial score (nSPS) is 13.8. The number of carbonyl (C=O) groups is 1. The summed E-state index contributed by atoms with van der Waals surface area (Å²) in [7, 11) is 1.65. The standard InChI is InChI=1S/C20H20N2O4S/c1-3-9-22-18-15(24-2)5-4-6-17(18)27-20(22)21-19(23)13-7-8-14-16(12-13)26-11-10-25-14/h4-8,12H,3,9-11H2,1-2H3. The lowest BCUT2D eigenvalue weighted by molar-refractivity contribution is 0.0996. The van der Waals surface area contributed by atoms with Crippen LogP contribution in [0.3, 0.4) is 0 Å². The molecule has 4 rings (SSSR count). The van der Waals surface area contributed by atoms with Crippen molar-refractivity contribution in [3.8, 4) is 17.2 Å². The van der Waals surface area contributed by atoms with Gasteiger partial charge in [-0.25, -0.2) is 0 Å². The summed E-state index contributed by atoms with van der Waals surface area (Å²) >= 11 is 1.48. The van der Waals surface area contributed by atoms with E-state index in [2.05, 4.69) is 16.5 Å². The van der Waals surface area contributed by atoms with Crippen LogP contribution in [0.15, 0.2) is 41.4 Å². The third kappa shape index (κ3) is 3.30. The molecule has 1 amide bonds. The second-order valence-corrected chi connectivity index (χ2v) is 7.13. The van der Waals surface area contributed by atoms with Crippen molar-refractivity contribution in [2.24, 2.45) is 4.99 Å². The van der Waals surface area contributed by atoms with Gasteiger partial charge in [0.2, 0.25) is 0 Å². The van der Waals surface area contributed by atoms with Crippen LogP contribution in [0.1, 0.15) is 23.7 Å². The van der Waals surface area contributed by atoms with Crippen molar-refractivity contribution in [2.45, 2.75) is 19.9 Å². The molecule has 3 aromatic rings. The molecule has 6 nitrogen and oxygen atoms in total. The van der Waals surface area contributed by atoms with Crippen LogP contribution in [0.25, 0.3) is 10.2 Å². The zero-order chi connectivity index (χ0) is 18.8. The zero-order valence-corrected chi connectivity index (χ0v) is 16.0. The van der Waals surface area contributed by atoms with E-state index < -0.39 is 0 Å². The van der Waals surface area contributed by atoms with Crippen molar-refractivity contribution in [3.63, 3.8) is 0 Å². The molecule has 0 saturated heterocycles. The molecular weight excluding hydrogens is 364 g/mol. The van der Waals surface area contributed by atoms with Crippen LogP contribution in [-0.2, 0) is 6.54 Å². The summed E-state index contributed by atoms with van der Waals surface area (Å²) < 4.78 is 19.7. The molecule has 0 spiro atoms. The second kappa shape index (κ2) is 7.44. The number of methoxy groups -OCH3 is 1. The van der Waals surface area contributed by atoms with Gasteiger partial charge in [-0.3, -0.25) is 4.79 Å². The molecular formula is C20H20N2O4S. The third-order valence-corrected chi connectivity index (χ3v) is 5.36. The van der Waals surface area contributed by atoms with Gasteiger partial charge in [0, 0.05) is 12.1 Å². The van der Waals surface area contributed by atoms with Gasteiger partial charge in [-0.15, -0.1) is 0 Å². The number of thiazole rings is 1. The SMILES string of the molecule is CCCn1c(=NC(=O)c2ccc3c(c2)OCCO3)sc2cccc(OC)c21. The first-order chi connectivity index (χ1) is 13.2. The van der Waals surface area contributed by atoms with Gasteiger partial charge in [-0.05, 0) is 36.8 Å². The highest BCUT2D eigenvalue weighted by Crippen LogP contribution is 2.31. The number of hydrogen-bond donors (Lipinski definition) is 0. The topological polar surface area (TPSA) is 62.1 Å². The fraction of sp³-hybridized carbons (Fsp3) is 0.300. The number of fused-ring (bicyclic) bond motifs is 2. The average molecular weight is 384 g/mol. The molecule has 0 saturated carbocycles. The Bertz CT molecular complexity index is 1070. The number of hydrogen-bond acceptors (Lipinski definition) is 5. The molecule has 0 fully saturated rings. The Morgan fingerprint density at radius 2 is 2.04 bits per heavy atom. The zero-order valence-electron chi connectivity index (χ0n) is 15.2. The number of benzene rings is 2. The van der Waals surface area contributed by atoms with Gasteiger partial charge in [0.25, 0.3) is 5.91 Å². The summed E-state index contributed by atoms with van der Waals surface area (Å²) in [5, 5.41) is 0. The number of amides is 1. The minimum atomic E-state index is -0.303. The van der Waals surface area contributed by atoms with Crippen molar-refractivity contribution in [1.29, 1.82) is 0 Å². The van der Waals surface area contributed by atoms with E-state index in [1.54, 1.807) is 25.3 Å². The van der Waals surface area contributed by atoms with E-state index in [9.17, 15) is 4.79 Å². The lowest BCUT2D eigenvalue weighted by Crippen LogP contribution is -2.18. The molecule has 0 N–H and O–H groups in total. The van der Waals surface area contributed by atoms with Crippen LogP contribution in [0.2, 0.25) is 0 Å².